The summed E-state index contributed by atoms with van der Waals surface area (Å²) in [6, 6.07) is 0. The van der Waals surface area contributed by atoms with Crippen LogP contribution in [-0.4, -0.2) is 30.4 Å². The highest BCUT2D eigenvalue weighted by atomic mass is 16.7. The number of rotatable bonds is 5. The van der Waals surface area contributed by atoms with Crippen LogP contribution in [0.3, 0.4) is 0 Å². The van der Waals surface area contributed by atoms with E-state index >= 15 is 0 Å². The maximum absolute atomic E-state index is 10.4. The normalized spacial score (nSPS) is 7.81. The molecule has 0 heterocycles. The van der Waals surface area contributed by atoms with Gasteiger partial charge in [-0.2, -0.15) is 0 Å². The van der Waals surface area contributed by atoms with Crippen LogP contribution in [0.25, 0.3) is 0 Å². The molecule has 0 aliphatic carbocycles. The van der Waals surface area contributed by atoms with E-state index in [0.29, 0.717) is 0 Å². The SMILES string of the molecule is C=C(C)C(=O)O.C=CCOC(=O)OCC=C. The second-order valence-corrected chi connectivity index (χ2v) is 2.53. The van der Waals surface area contributed by atoms with Crippen LogP contribution < -0.4 is 0 Å². The minimum atomic E-state index is -0.935. The number of hydrogen-bond acceptors (Lipinski definition) is 4. The molecule has 0 aliphatic heterocycles. The lowest BCUT2D eigenvalue weighted by molar-refractivity contribution is -0.132. The molecule has 0 fully saturated rings. The first kappa shape index (κ1) is 16.4. The molecule has 5 heteroatoms. The molecular weight excluding hydrogens is 212 g/mol. The van der Waals surface area contributed by atoms with Crippen molar-refractivity contribution in [2.75, 3.05) is 13.2 Å². The second-order valence-electron chi connectivity index (χ2n) is 2.53. The fourth-order valence-electron chi connectivity index (χ4n) is 0.296. The van der Waals surface area contributed by atoms with Gasteiger partial charge in [-0.25, -0.2) is 9.59 Å². The maximum Gasteiger partial charge on any atom is 0.508 e. The Kier molecular flexibility index (Phi) is 11.3. The van der Waals surface area contributed by atoms with Gasteiger partial charge in [0.25, 0.3) is 0 Å². The minimum Gasteiger partial charge on any atom is -0.478 e. The zero-order chi connectivity index (χ0) is 13.0. The van der Waals surface area contributed by atoms with E-state index in [0.717, 1.165) is 0 Å². The standard InChI is InChI=1S/C7H10O3.C4H6O2/c1-3-5-9-7(8)10-6-4-2;1-3(2)4(5)6/h3-4H,1-2,5-6H2;1H2,2H3,(H,5,6). The van der Waals surface area contributed by atoms with Gasteiger partial charge in [-0.15, -0.1) is 0 Å². The van der Waals surface area contributed by atoms with Crippen LogP contribution in [0.5, 0.6) is 0 Å². The Balaban J connectivity index is 0. The Bertz CT molecular complexity index is 242. The van der Waals surface area contributed by atoms with Crippen molar-refractivity contribution in [3.05, 3.63) is 37.5 Å². The smallest absolute Gasteiger partial charge is 0.478 e. The zero-order valence-corrected chi connectivity index (χ0v) is 9.27. The summed E-state index contributed by atoms with van der Waals surface area (Å²) >= 11 is 0. The first-order chi connectivity index (χ1) is 7.45. The molecule has 90 valence electrons. The molecule has 0 rings (SSSR count). The Morgan fingerprint density at radius 1 is 1.19 bits per heavy atom. The van der Waals surface area contributed by atoms with Crippen LogP contribution in [0, 0.1) is 0 Å². The summed E-state index contributed by atoms with van der Waals surface area (Å²) in [7, 11) is 0. The van der Waals surface area contributed by atoms with Crippen LogP contribution in [0.15, 0.2) is 37.5 Å². The van der Waals surface area contributed by atoms with E-state index in [1.807, 2.05) is 0 Å². The van der Waals surface area contributed by atoms with Gasteiger partial charge in [0.1, 0.15) is 13.2 Å². The summed E-state index contributed by atoms with van der Waals surface area (Å²) in [5, 5.41) is 7.89. The lowest BCUT2D eigenvalue weighted by Crippen LogP contribution is -2.06. The van der Waals surface area contributed by atoms with Crippen molar-refractivity contribution in [2.24, 2.45) is 0 Å². The summed E-state index contributed by atoms with van der Waals surface area (Å²) in [4.78, 5) is 20.0. The van der Waals surface area contributed by atoms with Crippen LogP contribution in [0.4, 0.5) is 4.79 Å². The van der Waals surface area contributed by atoms with Gasteiger partial charge in [0.15, 0.2) is 0 Å². The first-order valence-electron chi connectivity index (χ1n) is 4.35. The second kappa shape index (κ2) is 11.0. The van der Waals surface area contributed by atoms with Gasteiger partial charge >= 0.3 is 12.1 Å². The molecule has 0 saturated heterocycles. The van der Waals surface area contributed by atoms with Crippen molar-refractivity contribution >= 4 is 12.1 Å². The van der Waals surface area contributed by atoms with Gasteiger partial charge in [0.2, 0.25) is 0 Å². The Morgan fingerprint density at radius 2 is 1.50 bits per heavy atom. The van der Waals surface area contributed by atoms with E-state index in [1.165, 1.54) is 19.1 Å². The lowest BCUT2D eigenvalue weighted by Gasteiger charge is -1.99. The zero-order valence-electron chi connectivity index (χ0n) is 9.27. The number of carbonyl (C=O) groups is 2. The molecule has 0 radical (unpaired) electrons. The monoisotopic (exact) mass is 228 g/mol. The lowest BCUT2D eigenvalue weighted by atomic mass is 10.4. The molecular formula is C11H16O5. The molecule has 0 amide bonds. The van der Waals surface area contributed by atoms with E-state index in [9.17, 15) is 9.59 Å². The highest BCUT2D eigenvalue weighted by Gasteiger charge is 1.97. The van der Waals surface area contributed by atoms with Crippen molar-refractivity contribution in [3.63, 3.8) is 0 Å². The molecule has 0 aromatic rings. The number of hydrogen-bond donors (Lipinski definition) is 1. The Hall–Kier alpha value is -2.04. The number of aliphatic carboxylic acids is 1. The minimum absolute atomic E-state index is 0.176. The number of carboxylic acid groups (broad SMARTS) is 1. The van der Waals surface area contributed by atoms with Crippen molar-refractivity contribution in [2.45, 2.75) is 6.92 Å². The van der Waals surface area contributed by atoms with Crippen molar-refractivity contribution in [3.8, 4) is 0 Å². The van der Waals surface area contributed by atoms with Gasteiger partial charge < -0.3 is 14.6 Å². The third-order valence-electron chi connectivity index (χ3n) is 1.00. The van der Waals surface area contributed by atoms with E-state index in [4.69, 9.17) is 5.11 Å². The van der Waals surface area contributed by atoms with Crippen molar-refractivity contribution in [1.29, 1.82) is 0 Å². The van der Waals surface area contributed by atoms with Gasteiger partial charge in [-0.05, 0) is 6.92 Å². The quantitative estimate of drug-likeness (QED) is 0.443. The maximum atomic E-state index is 10.4. The topological polar surface area (TPSA) is 72.8 Å². The predicted octanol–water partition coefficient (Wildman–Crippen LogP) is 2.16. The number of ether oxygens (including phenoxy) is 2. The fraction of sp³-hybridized carbons (Fsp3) is 0.273. The van der Waals surface area contributed by atoms with Crippen LogP contribution in [0.2, 0.25) is 0 Å². The highest BCUT2D eigenvalue weighted by Crippen LogP contribution is 1.84. The van der Waals surface area contributed by atoms with E-state index in [2.05, 4.69) is 29.2 Å². The molecule has 0 unspecified atom stereocenters. The summed E-state index contributed by atoms with van der Waals surface area (Å²) in [5.74, 6) is -0.935. The number of carboxylic acids is 1. The molecule has 0 atom stereocenters. The van der Waals surface area contributed by atoms with Crippen molar-refractivity contribution in [1.82, 2.24) is 0 Å². The Morgan fingerprint density at radius 3 is 1.69 bits per heavy atom. The van der Waals surface area contributed by atoms with Gasteiger partial charge in [0, 0.05) is 5.57 Å². The Labute approximate surface area is 94.7 Å². The molecule has 16 heavy (non-hydrogen) atoms. The van der Waals surface area contributed by atoms with Crippen LogP contribution >= 0.6 is 0 Å². The molecule has 0 aliphatic rings. The summed E-state index contributed by atoms with van der Waals surface area (Å²) < 4.78 is 8.93. The summed E-state index contributed by atoms with van der Waals surface area (Å²) in [6.07, 6.45) is 2.24. The van der Waals surface area contributed by atoms with Crippen LogP contribution in [-0.2, 0) is 14.3 Å². The molecule has 0 bridgehead atoms. The predicted molar refractivity (Wildman–Crippen MR) is 60.1 cm³/mol. The van der Waals surface area contributed by atoms with E-state index in [1.54, 1.807) is 0 Å². The average Bonchev–Trinajstić information content (AvgIpc) is 2.24. The first-order valence-corrected chi connectivity index (χ1v) is 4.35. The molecule has 0 spiro atoms. The van der Waals surface area contributed by atoms with Gasteiger partial charge in [0.05, 0.1) is 0 Å². The average molecular weight is 228 g/mol. The molecule has 1 N–H and O–H groups in total. The van der Waals surface area contributed by atoms with E-state index in [-0.39, 0.29) is 18.8 Å². The molecule has 0 saturated carbocycles. The number of carbonyl (C=O) groups excluding carboxylic acids is 1. The van der Waals surface area contributed by atoms with Crippen LogP contribution in [0.1, 0.15) is 6.92 Å². The fourth-order valence-corrected chi connectivity index (χ4v) is 0.296. The van der Waals surface area contributed by atoms with E-state index < -0.39 is 12.1 Å². The van der Waals surface area contributed by atoms with Gasteiger partial charge in [-0.3, -0.25) is 0 Å². The molecule has 0 aromatic heterocycles. The summed E-state index contributed by atoms with van der Waals surface area (Å²) in [5.41, 5.74) is 0.176. The molecule has 0 aromatic carbocycles. The third-order valence-corrected chi connectivity index (χ3v) is 1.00. The highest BCUT2D eigenvalue weighted by molar-refractivity contribution is 5.84. The summed E-state index contributed by atoms with van der Waals surface area (Å²) in [6.45, 7) is 11.7. The third kappa shape index (κ3) is 14.5. The van der Waals surface area contributed by atoms with Crippen molar-refractivity contribution < 1.29 is 24.2 Å². The van der Waals surface area contributed by atoms with Gasteiger partial charge in [-0.1, -0.05) is 31.9 Å². The largest absolute Gasteiger partial charge is 0.508 e. The molecule has 5 nitrogen and oxygen atoms in total.